The zero-order chi connectivity index (χ0) is 15.4. The molecule has 2 aromatic rings. The van der Waals surface area contributed by atoms with Crippen LogP contribution in [0.25, 0.3) is 0 Å². The van der Waals surface area contributed by atoms with Gasteiger partial charge in [-0.1, -0.05) is 35.4 Å². The Hall–Kier alpha value is -1.16. The summed E-state index contributed by atoms with van der Waals surface area (Å²) in [5.74, 6) is 0.544. The molecular weight excluding hydrogens is 302 g/mol. The van der Waals surface area contributed by atoms with Gasteiger partial charge < -0.3 is 5.32 Å². The lowest BCUT2D eigenvalue weighted by Gasteiger charge is -2.19. The second-order valence-corrected chi connectivity index (χ2v) is 7.10. The molecular formula is C17H20ClNOS. The molecule has 112 valence electrons. The Morgan fingerprint density at radius 1 is 1.14 bits per heavy atom. The van der Waals surface area contributed by atoms with Crippen molar-refractivity contribution >= 4 is 22.4 Å². The molecule has 2 aromatic carbocycles. The van der Waals surface area contributed by atoms with E-state index < -0.39 is 10.8 Å². The standard InChI is InChI=1S/C17H20ClNOS/c1-12-4-9-16(13(2)10-12)17(19-3)11-21(20)15-7-5-14(18)6-8-15/h4-10,17,19H,11H2,1-3H3. The van der Waals surface area contributed by atoms with Gasteiger partial charge in [0.2, 0.25) is 0 Å². The van der Waals surface area contributed by atoms with E-state index in [1.807, 2.05) is 19.2 Å². The molecule has 4 heteroatoms. The van der Waals surface area contributed by atoms with Crippen molar-refractivity contribution in [3.8, 4) is 0 Å². The molecule has 0 saturated heterocycles. The number of nitrogens with one attached hydrogen (secondary N) is 1. The van der Waals surface area contributed by atoms with Crippen molar-refractivity contribution in [1.29, 1.82) is 0 Å². The van der Waals surface area contributed by atoms with Gasteiger partial charge in [-0.2, -0.15) is 0 Å². The maximum absolute atomic E-state index is 12.5. The van der Waals surface area contributed by atoms with E-state index in [-0.39, 0.29) is 6.04 Å². The number of hydrogen-bond donors (Lipinski definition) is 1. The lowest BCUT2D eigenvalue weighted by molar-refractivity contribution is 0.633. The summed E-state index contributed by atoms with van der Waals surface area (Å²) < 4.78 is 12.5. The Bertz CT molecular complexity index is 640. The molecule has 0 heterocycles. The summed E-state index contributed by atoms with van der Waals surface area (Å²) in [6.07, 6.45) is 0. The monoisotopic (exact) mass is 321 g/mol. The van der Waals surface area contributed by atoms with Gasteiger partial charge in [-0.05, 0) is 56.3 Å². The van der Waals surface area contributed by atoms with Crippen molar-refractivity contribution in [1.82, 2.24) is 5.32 Å². The molecule has 21 heavy (non-hydrogen) atoms. The minimum Gasteiger partial charge on any atom is -0.312 e. The van der Waals surface area contributed by atoms with E-state index in [4.69, 9.17) is 11.6 Å². The highest BCUT2D eigenvalue weighted by atomic mass is 35.5. The van der Waals surface area contributed by atoms with Crippen LogP contribution in [0.2, 0.25) is 5.02 Å². The number of rotatable bonds is 5. The van der Waals surface area contributed by atoms with Crippen LogP contribution in [-0.4, -0.2) is 17.0 Å². The Morgan fingerprint density at radius 3 is 2.38 bits per heavy atom. The van der Waals surface area contributed by atoms with E-state index in [1.165, 1.54) is 16.7 Å². The van der Waals surface area contributed by atoms with Gasteiger partial charge in [0.15, 0.2) is 0 Å². The molecule has 0 radical (unpaired) electrons. The van der Waals surface area contributed by atoms with Crippen LogP contribution in [0.3, 0.4) is 0 Å². The fraction of sp³-hybridized carbons (Fsp3) is 0.294. The Labute approximate surface area is 134 Å². The van der Waals surface area contributed by atoms with E-state index >= 15 is 0 Å². The van der Waals surface area contributed by atoms with E-state index in [0.717, 1.165) is 4.90 Å². The summed E-state index contributed by atoms with van der Waals surface area (Å²) in [4.78, 5) is 0.810. The molecule has 0 saturated carbocycles. The molecule has 0 bridgehead atoms. The van der Waals surface area contributed by atoms with Crippen molar-refractivity contribution in [3.05, 3.63) is 64.2 Å². The van der Waals surface area contributed by atoms with Crippen LogP contribution >= 0.6 is 11.6 Å². The lowest BCUT2D eigenvalue weighted by atomic mass is 10.0. The highest BCUT2D eigenvalue weighted by Crippen LogP contribution is 2.22. The molecule has 1 N–H and O–H groups in total. The van der Waals surface area contributed by atoms with Crippen molar-refractivity contribution in [2.24, 2.45) is 0 Å². The van der Waals surface area contributed by atoms with Crippen molar-refractivity contribution < 1.29 is 4.21 Å². The maximum Gasteiger partial charge on any atom is 0.0548 e. The minimum absolute atomic E-state index is 0.0714. The van der Waals surface area contributed by atoms with Crippen molar-refractivity contribution in [2.75, 3.05) is 12.8 Å². The molecule has 0 aromatic heterocycles. The molecule has 0 spiro atoms. The minimum atomic E-state index is -1.06. The molecule has 2 atom stereocenters. The third-order valence-electron chi connectivity index (χ3n) is 3.54. The molecule has 2 unspecified atom stereocenters. The smallest absolute Gasteiger partial charge is 0.0548 e. The fourth-order valence-electron chi connectivity index (χ4n) is 2.38. The summed E-state index contributed by atoms with van der Waals surface area (Å²) in [5.41, 5.74) is 3.66. The highest BCUT2D eigenvalue weighted by Gasteiger charge is 2.16. The SMILES string of the molecule is CNC(CS(=O)c1ccc(Cl)cc1)c1ccc(C)cc1C. The van der Waals surface area contributed by atoms with Crippen molar-refractivity contribution in [2.45, 2.75) is 24.8 Å². The number of benzene rings is 2. The summed E-state index contributed by atoms with van der Waals surface area (Å²) in [5, 5.41) is 3.93. The lowest BCUT2D eigenvalue weighted by Crippen LogP contribution is -2.23. The summed E-state index contributed by atoms with van der Waals surface area (Å²) in [6, 6.07) is 13.6. The van der Waals surface area contributed by atoms with Crippen LogP contribution in [0.4, 0.5) is 0 Å². The Morgan fingerprint density at radius 2 is 1.81 bits per heavy atom. The van der Waals surface area contributed by atoms with Gasteiger partial charge in [-0.15, -0.1) is 0 Å². The normalized spacial score (nSPS) is 13.9. The number of hydrogen-bond acceptors (Lipinski definition) is 2. The first-order valence-electron chi connectivity index (χ1n) is 6.89. The van der Waals surface area contributed by atoms with Crippen molar-refractivity contribution in [3.63, 3.8) is 0 Å². The predicted octanol–water partition coefficient (Wildman–Crippen LogP) is 4.03. The first-order chi connectivity index (χ1) is 10.0. The Balaban J connectivity index is 2.18. The third-order valence-corrected chi connectivity index (χ3v) is 5.23. The molecule has 0 amide bonds. The van der Waals surface area contributed by atoms with Crippen LogP contribution in [0.5, 0.6) is 0 Å². The van der Waals surface area contributed by atoms with Crippen LogP contribution in [0.15, 0.2) is 47.4 Å². The van der Waals surface area contributed by atoms with Gasteiger partial charge in [-0.25, -0.2) is 0 Å². The van der Waals surface area contributed by atoms with Gasteiger partial charge in [-0.3, -0.25) is 4.21 Å². The summed E-state index contributed by atoms with van der Waals surface area (Å²) in [7, 11) is 0.849. The largest absolute Gasteiger partial charge is 0.312 e. The van der Waals surface area contributed by atoms with Crippen LogP contribution in [-0.2, 0) is 10.8 Å². The second-order valence-electron chi connectivity index (χ2n) is 5.17. The molecule has 0 aliphatic heterocycles. The fourth-order valence-corrected chi connectivity index (χ4v) is 3.79. The topological polar surface area (TPSA) is 29.1 Å². The number of aryl methyl sites for hydroxylation is 2. The highest BCUT2D eigenvalue weighted by molar-refractivity contribution is 7.85. The first-order valence-corrected chi connectivity index (χ1v) is 8.59. The van der Waals surface area contributed by atoms with Gasteiger partial charge in [0.1, 0.15) is 0 Å². The average molecular weight is 322 g/mol. The quantitative estimate of drug-likeness (QED) is 0.901. The zero-order valence-corrected chi connectivity index (χ0v) is 14.1. The molecule has 0 fully saturated rings. The van der Waals surface area contributed by atoms with Crippen LogP contribution in [0.1, 0.15) is 22.7 Å². The van der Waals surface area contributed by atoms with Crippen LogP contribution < -0.4 is 5.32 Å². The van der Waals surface area contributed by atoms with Gasteiger partial charge in [0.05, 0.1) is 10.8 Å². The van der Waals surface area contributed by atoms with E-state index in [0.29, 0.717) is 10.8 Å². The Kier molecular flexibility index (Phi) is 5.57. The summed E-state index contributed by atoms with van der Waals surface area (Å²) >= 11 is 5.87. The van der Waals surface area contributed by atoms with E-state index in [2.05, 4.69) is 37.4 Å². The zero-order valence-electron chi connectivity index (χ0n) is 12.5. The van der Waals surface area contributed by atoms with Gasteiger partial charge in [0.25, 0.3) is 0 Å². The number of halogens is 1. The molecule has 2 rings (SSSR count). The summed E-state index contributed by atoms with van der Waals surface area (Å²) in [6.45, 7) is 4.18. The van der Waals surface area contributed by atoms with Gasteiger partial charge in [0, 0.05) is 21.7 Å². The first kappa shape index (κ1) is 16.2. The van der Waals surface area contributed by atoms with E-state index in [9.17, 15) is 4.21 Å². The third kappa shape index (κ3) is 4.16. The van der Waals surface area contributed by atoms with E-state index in [1.54, 1.807) is 12.1 Å². The predicted molar refractivity (Wildman–Crippen MR) is 90.4 cm³/mol. The van der Waals surface area contributed by atoms with Gasteiger partial charge >= 0.3 is 0 Å². The molecule has 0 aliphatic rings. The van der Waals surface area contributed by atoms with Crippen LogP contribution in [0, 0.1) is 13.8 Å². The second kappa shape index (κ2) is 7.21. The average Bonchev–Trinajstić information content (AvgIpc) is 2.46. The molecule has 0 aliphatic carbocycles. The maximum atomic E-state index is 12.5. The molecule has 2 nitrogen and oxygen atoms in total.